The van der Waals surface area contributed by atoms with Gasteiger partial charge in [0.2, 0.25) is 6.79 Å². The Morgan fingerprint density at radius 1 is 1.29 bits per heavy atom. The molecule has 1 aromatic rings. The Balaban J connectivity index is 1.73. The second-order valence-corrected chi connectivity index (χ2v) is 7.03. The second kappa shape index (κ2) is 4.95. The fourth-order valence-electron chi connectivity index (χ4n) is 4.82. The highest BCUT2D eigenvalue weighted by atomic mass is 16.7. The molecule has 1 N–H and O–H groups in total. The van der Waals surface area contributed by atoms with Crippen LogP contribution in [0.25, 0.3) is 0 Å². The summed E-state index contributed by atoms with van der Waals surface area (Å²) in [6.07, 6.45) is 4.31. The largest absolute Gasteiger partial charge is 0.454 e. The van der Waals surface area contributed by atoms with Gasteiger partial charge in [0, 0.05) is 25.3 Å². The van der Waals surface area contributed by atoms with Crippen LogP contribution in [-0.2, 0) is 14.9 Å². The molecule has 0 saturated carbocycles. The van der Waals surface area contributed by atoms with Crippen molar-refractivity contribution in [3.05, 3.63) is 35.4 Å². The Labute approximate surface area is 140 Å². The topological polar surface area (TPSA) is 60.4 Å². The third-order valence-corrected chi connectivity index (χ3v) is 5.99. The number of aliphatic hydroxyl groups is 1. The molecule has 5 rings (SSSR count). The number of benzene rings is 1. The summed E-state index contributed by atoms with van der Waals surface area (Å²) in [4.78, 5) is 2.31. The van der Waals surface area contributed by atoms with Gasteiger partial charge in [0.05, 0.1) is 17.6 Å². The van der Waals surface area contributed by atoms with E-state index in [1.165, 1.54) is 0 Å². The number of likely N-dealkylation sites (N-methyl/N-ethyl adjacent to an activating group) is 1. The summed E-state index contributed by atoms with van der Waals surface area (Å²) >= 11 is 0. The van der Waals surface area contributed by atoms with Crippen LogP contribution in [0.2, 0.25) is 0 Å². The smallest absolute Gasteiger partial charge is 0.231 e. The maximum Gasteiger partial charge on any atom is 0.231 e. The van der Waals surface area contributed by atoms with Gasteiger partial charge >= 0.3 is 0 Å². The number of aliphatic hydroxyl groups excluding tert-OH is 1. The van der Waals surface area contributed by atoms with Crippen LogP contribution in [0.4, 0.5) is 0 Å². The van der Waals surface area contributed by atoms with Crippen molar-refractivity contribution >= 4 is 0 Å². The molecule has 128 valence electrons. The third-order valence-electron chi connectivity index (χ3n) is 5.99. The number of rotatable bonds is 1. The average Bonchev–Trinajstić information content (AvgIpc) is 3.16. The van der Waals surface area contributed by atoms with E-state index in [0.717, 1.165) is 29.8 Å². The predicted octanol–water partition coefficient (Wildman–Crippen LogP) is 1.33. The fourth-order valence-corrected chi connectivity index (χ4v) is 4.82. The average molecular weight is 331 g/mol. The standard InChI is InChI=1S/C18H21NO5/c1-19-8-16-18(4-3-10(21-2)5-15(18)19)12-7-14-13(22-9-23-14)6-11(12)17(20)24-16/h3-4,6-7,10,15-17,20H,5,8-9H2,1-2H3/t10-,15+,16+,17?,18+/m1/s1. The second-order valence-electron chi connectivity index (χ2n) is 7.03. The molecule has 4 aliphatic rings. The molecule has 1 aromatic carbocycles. The van der Waals surface area contributed by atoms with Gasteiger partial charge in [-0.05, 0) is 31.2 Å². The van der Waals surface area contributed by atoms with E-state index in [1.807, 2.05) is 12.1 Å². The molecule has 1 fully saturated rings. The van der Waals surface area contributed by atoms with E-state index in [0.29, 0.717) is 5.75 Å². The highest BCUT2D eigenvalue weighted by Gasteiger charge is 2.59. The first-order valence-corrected chi connectivity index (χ1v) is 8.33. The summed E-state index contributed by atoms with van der Waals surface area (Å²) in [6.45, 7) is 0.993. The van der Waals surface area contributed by atoms with E-state index in [-0.39, 0.29) is 30.5 Å². The normalized spacial score (nSPS) is 39.5. The van der Waals surface area contributed by atoms with Gasteiger partial charge in [-0.15, -0.1) is 0 Å². The molecule has 0 bridgehead atoms. The highest BCUT2D eigenvalue weighted by molar-refractivity contribution is 5.56. The lowest BCUT2D eigenvalue weighted by atomic mass is 9.65. The maximum absolute atomic E-state index is 10.5. The molecule has 1 spiro atoms. The van der Waals surface area contributed by atoms with Crippen LogP contribution in [0.15, 0.2) is 24.3 Å². The van der Waals surface area contributed by atoms with Crippen LogP contribution in [0, 0.1) is 0 Å². The maximum atomic E-state index is 10.5. The van der Waals surface area contributed by atoms with Crippen molar-refractivity contribution in [1.82, 2.24) is 4.90 Å². The first-order chi connectivity index (χ1) is 11.6. The third kappa shape index (κ3) is 1.74. The molecule has 0 aromatic heterocycles. The van der Waals surface area contributed by atoms with Crippen LogP contribution in [-0.4, -0.2) is 55.8 Å². The van der Waals surface area contributed by atoms with Crippen molar-refractivity contribution in [2.75, 3.05) is 27.5 Å². The van der Waals surface area contributed by atoms with Gasteiger partial charge in [-0.25, -0.2) is 0 Å². The molecule has 1 saturated heterocycles. The number of likely N-dealkylation sites (tertiary alicyclic amines) is 1. The molecular formula is C18H21NO5. The summed E-state index contributed by atoms with van der Waals surface area (Å²) in [5.74, 6) is 1.41. The Bertz CT molecular complexity index is 720. The number of nitrogens with zero attached hydrogens (tertiary/aromatic N) is 1. The van der Waals surface area contributed by atoms with Gasteiger partial charge in [-0.1, -0.05) is 12.2 Å². The first kappa shape index (κ1) is 14.7. The SMILES string of the molecule is CO[C@@H]1C=C[C@@]23c4cc5c(cc4C(O)O[C@H]2CN(C)[C@H]3C1)OCO5. The first-order valence-electron chi connectivity index (χ1n) is 8.33. The molecule has 6 nitrogen and oxygen atoms in total. The van der Waals surface area contributed by atoms with Gasteiger partial charge < -0.3 is 24.1 Å². The Hall–Kier alpha value is -1.60. The van der Waals surface area contributed by atoms with Gasteiger partial charge in [0.25, 0.3) is 0 Å². The zero-order chi connectivity index (χ0) is 16.5. The Morgan fingerprint density at radius 3 is 2.88 bits per heavy atom. The van der Waals surface area contributed by atoms with Crippen molar-refractivity contribution in [2.24, 2.45) is 0 Å². The summed E-state index contributed by atoms with van der Waals surface area (Å²) < 4.78 is 22.6. The number of hydrogen-bond donors (Lipinski definition) is 1. The summed E-state index contributed by atoms with van der Waals surface area (Å²) in [5, 5.41) is 10.5. The lowest BCUT2D eigenvalue weighted by Crippen LogP contribution is -2.52. The van der Waals surface area contributed by atoms with Crippen LogP contribution in [0.5, 0.6) is 11.5 Å². The van der Waals surface area contributed by atoms with Gasteiger partial charge in [0.15, 0.2) is 17.8 Å². The van der Waals surface area contributed by atoms with Gasteiger partial charge in [-0.3, -0.25) is 4.90 Å². The van der Waals surface area contributed by atoms with E-state index < -0.39 is 6.29 Å². The summed E-state index contributed by atoms with van der Waals surface area (Å²) in [7, 11) is 3.85. The molecule has 5 atom stereocenters. The Kier molecular flexibility index (Phi) is 3.04. The number of fused-ring (bicyclic) bond motifs is 2. The summed E-state index contributed by atoms with van der Waals surface area (Å²) in [6, 6.07) is 4.14. The minimum absolute atomic E-state index is 0.0931. The lowest BCUT2D eigenvalue weighted by Gasteiger charge is -2.46. The minimum Gasteiger partial charge on any atom is -0.454 e. The zero-order valence-electron chi connectivity index (χ0n) is 13.8. The molecule has 3 aliphatic heterocycles. The van der Waals surface area contributed by atoms with E-state index >= 15 is 0 Å². The minimum atomic E-state index is -0.939. The molecule has 6 heteroatoms. The number of hydrogen-bond acceptors (Lipinski definition) is 6. The lowest BCUT2D eigenvalue weighted by molar-refractivity contribution is -0.160. The van der Waals surface area contributed by atoms with E-state index in [1.54, 1.807) is 7.11 Å². The predicted molar refractivity (Wildman–Crippen MR) is 85.0 cm³/mol. The van der Waals surface area contributed by atoms with Crippen LogP contribution in [0.1, 0.15) is 23.8 Å². The fraction of sp³-hybridized carbons (Fsp3) is 0.556. The monoisotopic (exact) mass is 331 g/mol. The zero-order valence-corrected chi connectivity index (χ0v) is 13.8. The number of methoxy groups -OCH3 is 1. The van der Waals surface area contributed by atoms with Crippen LogP contribution >= 0.6 is 0 Å². The van der Waals surface area contributed by atoms with Crippen molar-refractivity contribution < 1.29 is 24.1 Å². The molecule has 0 radical (unpaired) electrons. The molecule has 1 unspecified atom stereocenters. The van der Waals surface area contributed by atoms with E-state index in [4.69, 9.17) is 18.9 Å². The molecular weight excluding hydrogens is 310 g/mol. The van der Waals surface area contributed by atoms with Gasteiger partial charge in [-0.2, -0.15) is 0 Å². The van der Waals surface area contributed by atoms with Crippen molar-refractivity contribution in [3.8, 4) is 11.5 Å². The van der Waals surface area contributed by atoms with E-state index in [9.17, 15) is 5.11 Å². The van der Waals surface area contributed by atoms with Crippen LogP contribution < -0.4 is 9.47 Å². The molecule has 24 heavy (non-hydrogen) atoms. The molecule has 1 aliphatic carbocycles. The van der Waals surface area contributed by atoms with E-state index in [2.05, 4.69) is 24.1 Å². The molecule has 3 heterocycles. The van der Waals surface area contributed by atoms with Crippen LogP contribution in [0.3, 0.4) is 0 Å². The molecule has 0 amide bonds. The van der Waals surface area contributed by atoms with Crippen molar-refractivity contribution in [1.29, 1.82) is 0 Å². The highest BCUT2D eigenvalue weighted by Crippen LogP contribution is 2.54. The summed E-state index contributed by atoms with van der Waals surface area (Å²) in [5.41, 5.74) is 1.56. The van der Waals surface area contributed by atoms with Crippen molar-refractivity contribution in [2.45, 2.75) is 36.4 Å². The number of ether oxygens (including phenoxy) is 4. The van der Waals surface area contributed by atoms with Crippen molar-refractivity contribution in [3.63, 3.8) is 0 Å². The van der Waals surface area contributed by atoms with Gasteiger partial charge in [0.1, 0.15) is 0 Å². The quantitative estimate of drug-likeness (QED) is 0.784. The Morgan fingerprint density at radius 2 is 2.08 bits per heavy atom.